The Labute approximate surface area is 125 Å². The molecule has 0 amide bonds. The lowest BCUT2D eigenvalue weighted by molar-refractivity contribution is -0.301. The van der Waals surface area contributed by atoms with Gasteiger partial charge in [0.1, 0.15) is 19.0 Å². The molecule has 0 unspecified atom stereocenters. The lowest BCUT2D eigenvalue weighted by Gasteiger charge is -2.15. The monoisotopic (exact) mass is 316 g/mol. The molecule has 8 heteroatoms. The molecule has 0 aromatic carbocycles. The summed E-state index contributed by atoms with van der Waals surface area (Å²) in [4.78, 5) is 21.2. The topological polar surface area (TPSA) is 82.8 Å². The van der Waals surface area contributed by atoms with E-state index in [1.54, 1.807) is 6.92 Å². The summed E-state index contributed by atoms with van der Waals surface area (Å²) in [6.45, 7) is 9.63. The first-order valence-electron chi connectivity index (χ1n) is 6.95. The molecule has 120 valence electrons. The molecule has 0 atom stereocenters. The lowest BCUT2D eigenvalue weighted by Crippen LogP contribution is -2.23. The highest BCUT2D eigenvalue weighted by atomic mass is 28.3. The Balaban J connectivity index is 2.60. The Morgan fingerprint density at radius 1 is 1.33 bits per heavy atom. The van der Waals surface area contributed by atoms with E-state index in [1.807, 2.05) is 0 Å². The predicted octanol–water partition coefficient (Wildman–Crippen LogP) is 1.73. The van der Waals surface area contributed by atoms with E-state index in [0.29, 0.717) is 13.2 Å². The van der Waals surface area contributed by atoms with E-state index in [2.05, 4.69) is 24.7 Å². The SMILES string of the molecule is CCOOCc1nn(COCC[Si](C)(C)C)cc(O)c1=O. The van der Waals surface area contributed by atoms with E-state index in [-0.39, 0.29) is 24.8 Å². The number of nitrogens with zero attached hydrogens (tertiary/aromatic N) is 2. The van der Waals surface area contributed by atoms with Crippen LogP contribution < -0.4 is 5.43 Å². The molecule has 21 heavy (non-hydrogen) atoms. The highest BCUT2D eigenvalue weighted by Gasteiger charge is 2.13. The zero-order chi connectivity index (χ0) is 15.9. The molecule has 0 saturated heterocycles. The molecular weight excluding hydrogens is 292 g/mol. The van der Waals surface area contributed by atoms with Crippen molar-refractivity contribution in [3.63, 3.8) is 0 Å². The fourth-order valence-corrected chi connectivity index (χ4v) is 2.21. The second-order valence-corrected chi connectivity index (χ2v) is 11.5. The third-order valence-electron chi connectivity index (χ3n) is 2.63. The maximum atomic E-state index is 11.7. The van der Waals surface area contributed by atoms with Gasteiger partial charge in [-0.15, -0.1) is 0 Å². The zero-order valence-electron chi connectivity index (χ0n) is 13.1. The Bertz CT molecular complexity index is 498. The first kappa shape index (κ1) is 17.8. The lowest BCUT2D eigenvalue weighted by atomic mass is 10.4. The summed E-state index contributed by atoms with van der Waals surface area (Å²) in [7, 11) is -1.14. The van der Waals surface area contributed by atoms with Gasteiger partial charge in [-0.1, -0.05) is 19.6 Å². The minimum atomic E-state index is -1.14. The zero-order valence-corrected chi connectivity index (χ0v) is 14.1. The van der Waals surface area contributed by atoms with Crippen molar-refractivity contribution >= 4 is 8.07 Å². The molecule has 1 N–H and O–H groups in total. The van der Waals surface area contributed by atoms with Gasteiger partial charge in [0.2, 0.25) is 5.43 Å². The molecule has 1 aromatic heterocycles. The molecule has 1 heterocycles. The normalized spacial score (nSPS) is 11.8. The summed E-state index contributed by atoms with van der Waals surface area (Å²) < 4.78 is 6.90. The number of ether oxygens (including phenoxy) is 1. The molecule has 0 aliphatic rings. The first-order valence-corrected chi connectivity index (χ1v) is 10.7. The van der Waals surface area contributed by atoms with Crippen molar-refractivity contribution in [2.75, 3.05) is 13.2 Å². The quantitative estimate of drug-likeness (QED) is 0.323. The molecule has 0 radical (unpaired) electrons. The summed E-state index contributed by atoms with van der Waals surface area (Å²) in [5.41, 5.74) is -0.481. The number of aromatic nitrogens is 2. The summed E-state index contributed by atoms with van der Waals surface area (Å²) in [6, 6.07) is 1.04. The van der Waals surface area contributed by atoms with Crippen molar-refractivity contribution in [3.05, 3.63) is 22.1 Å². The molecule has 7 nitrogen and oxygen atoms in total. The number of hydrogen-bond donors (Lipinski definition) is 1. The van der Waals surface area contributed by atoms with Gasteiger partial charge in [0.15, 0.2) is 5.75 Å². The van der Waals surface area contributed by atoms with Gasteiger partial charge in [-0.25, -0.2) is 14.5 Å². The van der Waals surface area contributed by atoms with Gasteiger partial charge in [0.25, 0.3) is 0 Å². The van der Waals surface area contributed by atoms with Crippen LogP contribution in [-0.2, 0) is 27.8 Å². The standard InChI is InChI=1S/C13H24N2O5Si/c1-5-19-20-9-11-13(17)12(16)8-15(14-11)10-18-6-7-21(2,3)4/h8,16H,5-7,9-10H2,1-4H3. The van der Waals surface area contributed by atoms with Crippen molar-refractivity contribution < 1.29 is 19.6 Å². The molecular formula is C13H24N2O5Si. The van der Waals surface area contributed by atoms with E-state index in [0.717, 1.165) is 6.04 Å². The molecule has 0 spiro atoms. The Kier molecular flexibility index (Phi) is 7.03. The molecule has 0 saturated carbocycles. The van der Waals surface area contributed by atoms with E-state index >= 15 is 0 Å². The molecule has 0 fully saturated rings. The Morgan fingerprint density at radius 2 is 2.05 bits per heavy atom. The number of hydrogen-bond acceptors (Lipinski definition) is 6. The Hall–Kier alpha value is -1.22. The van der Waals surface area contributed by atoms with Crippen molar-refractivity contribution in [1.29, 1.82) is 0 Å². The molecule has 0 aliphatic heterocycles. The van der Waals surface area contributed by atoms with E-state index in [1.165, 1.54) is 10.9 Å². The molecule has 1 aromatic rings. The van der Waals surface area contributed by atoms with Crippen LogP contribution in [0.5, 0.6) is 5.75 Å². The average molecular weight is 316 g/mol. The van der Waals surface area contributed by atoms with Gasteiger partial charge < -0.3 is 9.84 Å². The summed E-state index contributed by atoms with van der Waals surface area (Å²) in [5.74, 6) is -0.381. The third kappa shape index (κ3) is 6.85. The first-order chi connectivity index (χ1) is 9.83. The Morgan fingerprint density at radius 3 is 2.67 bits per heavy atom. The summed E-state index contributed by atoms with van der Waals surface area (Å²) in [6.07, 6.45) is 1.25. The van der Waals surface area contributed by atoms with Crippen LogP contribution in [-0.4, -0.2) is 36.2 Å². The highest BCUT2D eigenvalue weighted by Crippen LogP contribution is 2.08. The van der Waals surface area contributed by atoms with E-state index in [4.69, 9.17) is 14.5 Å². The fraction of sp³-hybridized carbons (Fsp3) is 0.692. The van der Waals surface area contributed by atoms with E-state index < -0.39 is 13.5 Å². The molecule has 0 aliphatic carbocycles. The van der Waals surface area contributed by atoms with E-state index in [9.17, 15) is 9.90 Å². The van der Waals surface area contributed by atoms with Crippen molar-refractivity contribution in [2.45, 2.75) is 45.9 Å². The molecule has 0 bridgehead atoms. The smallest absolute Gasteiger partial charge is 0.247 e. The van der Waals surface area contributed by atoms with Crippen LogP contribution in [0.25, 0.3) is 0 Å². The predicted molar refractivity (Wildman–Crippen MR) is 80.7 cm³/mol. The van der Waals surface area contributed by atoms with Crippen LogP contribution in [0.3, 0.4) is 0 Å². The van der Waals surface area contributed by atoms with Crippen LogP contribution in [0.2, 0.25) is 25.7 Å². The maximum absolute atomic E-state index is 11.7. The highest BCUT2D eigenvalue weighted by molar-refractivity contribution is 6.76. The van der Waals surface area contributed by atoms with Crippen LogP contribution >= 0.6 is 0 Å². The minimum absolute atomic E-state index is 0.0808. The van der Waals surface area contributed by atoms with Crippen molar-refractivity contribution in [1.82, 2.24) is 9.78 Å². The van der Waals surface area contributed by atoms with Gasteiger partial charge in [-0.05, 0) is 13.0 Å². The van der Waals surface area contributed by atoms with Crippen LogP contribution in [0, 0.1) is 0 Å². The van der Waals surface area contributed by atoms with Gasteiger partial charge in [-0.2, -0.15) is 5.10 Å². The summed E-state index contributed by atoms with van der Waals surface area (Å²) >= 11 is 0. The van der Waals surface area contributed by atoms with Crippen molar-refractivity contribution in [3.8, 4) is 5.75 Å². The van der Waals surface area contributed by atoms with Gasteiger partial charge >= 0.3 is 0 Å². The van der Waals surface area contributed by atoms with Gasteiger partial charge in [-0.3, -0.25) is 4.79 Å². The number of aromatic hydroxyl groups is 1. The van der Waals surface area contributed by atoms with Crippen LogP contribution in [0.15, 0.2) is 11.0 Å². The van der Waals surface area contributed by atoms with Crippen molar-refractivity contribution in [2.24, 2.45) is 0 Å². The van der Waals surface area contributed by atoms with Gasteiger partial charge in [0, 0.05) is 14.7 Å². The summed E-state index contributed by atoms with van der Waals surface area (Å²) in [5, 5.41) is 13.7. The second kappa shape index (κ2) is 8.28. The average Bonchev–Trinajstić information content (AvgIpc) is 2.39. The second-order valence-electron chi connectivity index (χ2n) is 5.85. The van der Waals surface area contributed by atoms with Gasteiger partial charge in [0.05, 0.1) is 12.8 Å². The number of rotatable bonds is 9. The minimum Gasteiger partial charge on any atom is -0.503 e. The fourth-order valence-electron chi connectivity index (χ4n) is 1.45. The third-order valence-corrected chi connectivity index (χ3v) is 4.34. The van der Waals surface area contributed by atoms with Crippen LogP contribution in [0.1, 0.15) is 12.6 Å². The maximum Gasteiger partial charge on any atom is 0.247 e. The largest absolute Gasteiger partial charge is 0.503 e. The molecule has 1 rings (SSSR count). The van der Waals surface area contributed by atoms with Crippen LogP contribution in [0.4, 0.5) is 0 Å².